The molecule has 0 aromatic rings. The molecule has 19 heavy (non-hydrogen) atoms. The molecule has 0 amide bonds. The van der Waals surface area contributed by atoms with Crippen molar-refractivity contribution in [3.8, 4) is 0 Å². The van der Waals surface area contributed by atoms with Crippen LogP contribution in [0.25, 0.3) is 0 Å². The molecule has 1 saturated carbocycles. The Morgan fingerprint density at radius 1 is 1.58 bits per heavy atom. The van der Waals surface area contributed by atoms with Gasteiger partial charge in [-0.2, -0.15) is 0 Å². The van der Waals surface area contributed by atoms with Crippen molar-refractivity contribution in [1.29, 1.82) is 0 Å². The Bertz CT molecular complexity index is 400. The van der Waals surface area contributed by atoms with Crippen LogP contribution in [0, 0.1) is 17.3 Å². The Labute approximate surface area is 116 Å². The largest absolute Gasteiger partial charge is 0.460 e. The van der Waals surface area contributed by atoms with Crippen molar-refractivity contribution in [1.82, 2.24) is 0 Å². The zero-order chi connectivity index (χ0) is 14.3. The summed E-state index contributed by atoms with van der Waals surface area (Å²) in [6.45, 7) is 8.39. The van der Waals surface area contributed by atoms with Gasteiger partial charge < -0.3 is 10.5 Å². The molecule has 0 spiro atoms. The van der Waals surface area contributed by atoms with Gasteiger partial charge in [-0.15, -0.1) is 0 Å². The highest BCUT2D eigenvalue weighted by atomic mass is 16.6. The number of esters is 1. The maximum absolute atomic E-state index is 11.2. The summed E-state index contributed by atoms with van der Waals surface area (Å²) in [5.74, 6) is 1.18. The van der Waals surface area contributed by atoms with Crippen LogP contribution in [-0.2, 0) is 9.53 Å². The number of fused-ring (bicyclic) bond motifs is 1. The van der Waals surface area contributed by atoms with Crippen LogP contribution in [0.4, 0.5) is 0 Å². The van der Waals surface area contributed by atoms with Crippen LogP contribution in [-0.4, -0.2) is 18.1 Å². The molecule has 0 aromatic carbocycles. The van der Waals surface area contributed by atoms with Gasteiger partial charge in [-0.25, -0.2) is 0 Å². The Morgan fingerprint density at radius 2 is 2.26 bits per heavy atom. The van der Waals surface area contributed by atoms with E-state index in [0.717, 1.165) is 18.8 Å². The lowest BCUT2D eigenvalue weighted by molar-refractivity contribution is -0.161. The molecule has 3 atom stereocenters. The third kappa shape index (κ3) is 2.71. The van der Waals surface area contributed by atoms with Crippen molar-refractivity contribution in [2.75, 3.05) is 6.54 Å². The van der Waals surface area contributed by atoms with E-state index in [1.165, 1.54) is 19.8 Å². The average Bonchev–Trinajstić information content (AvgIpc) is 2.62. The molecule has 0 aliphatic heterocycles. The molecule has 0 saturated heterocycles. The summed E-state index contributed by atoms with van der Waals surface area (Å²) in [6.07, 6.45) is 6.90. The molecule has 0 aromatic heterocycles. The minimum atomic E-state index is -0.418. The second kappa shape index (κ2) is 4.93. The van der Waals surface area contributed by atoms with Crippen LogP contribution in [0.15, 0.2) is 11.6 Å². The van der Waals surface area contributed by atoms with E-state index in [9.17, 15) is 4.79 Å². The summed E-state index contributed by atoms with van der Waals surface area (Å²) in [4.78, 5) is 11.2. The average molecular weight is 265 g/mol. The first kappa shape index (κ1) is 14.6. The minimum absolute atomic E-state index is 0.139. The van der Waals surface area contributed by atoms with Crippen molar-refractivity contribution in [2.24, 2.45) is 23.0 Å². The second-order valence-electron chi connectivity index (χ2n) is 6.97. The quantitative estimate of drug-likeness (QED) is 0.614. The maximum atomic E-state index is 11.2. The fourth-order valence-corrected chi connectivity index (χ4v) is 4.31. The third-order valence-electron chi connectivity index (χ3n) is 4.88. The van der Waals surface area contributed by atoms with Crippen LogP contribution in [0.5, 0.6) is 0 Å². The second-order valence-corrected chi connectivity index (χ2v) is 6.97. The Kier molecular flexibility index (Phi) is 3.78. The molecule has 3 nitrogen and oxygen atoms in total. The first-order valence-corrected chi connectivity index (χ1v) is 7.41. The van der Waals surface area contributed by atoms with Crippen LogP contribution >= 0.6 is 0 Å². The molecule has 2 aliphatic rings. The highest BCUT2D eigenvalue weighted by Gasteiger charge is 2.55. The van der Waals surface area contributed by atoms with Crippen LogP contribution in [0.3, 0.4) is 0 Å². The molecule has 3 heteroatoms. The number of hydrogen-bond donors (Lipinski definition) is 1. The summed E-state index contributed by atoms with van der Waals surface area (Å²) in [5, 5.41) is 0. The summed E-state index contributed by atoms with van der Waals surface area (Å²) >= 11 is 0. The SMILES string of the molecule is CCC1=C[C@@H]2[C@H](C1)C[C@]2(CN)CC(C)(C)OC(C)=O. The molecular formula is C16H27NO2. The van der Waals surface area contributed by atoms with E-state index in [0.29, 0.717) is 12.5 Å². The van der Waals surface area contributed by atoms with E-state index < -0.39 is 5.60 Å². The number of rotatable bonds is 5. The topological polar surface area (TPSA) is 52.3 Å². The van der Waals surface area contributed by atoms with Crippen molar-refractivity contribution < 1.29 is 9.53 Å². The normalized spacial score (nSPS) is 33.4. The number of carbonyl (C=O) groups is 1. The molecule has 0 radical (unpaired) electrons. The van der Waals surface area contributed by atoms with Gasteiger partial charge >= 0.3 is 5.97 Å². The van der Waals surface area contributed by atoms with E-state index >= 15 is 0 Å². The number of carbonyl (C=O) groups excluding carboxylic acids is 1. The van der Waals surface area contributed by atoms with E-state index in [2.05, 4.69) is 13.0 Å². The highest BCUT2D eigenvalue weighted by molar-refractivity contribution is 5.66. The summed E-state index contributed by atoms with van der Waals surface area (Å²) in [5.41, 5.74) is 7.38. The van der Waals surface area contributed by atoms with Gasteiger partial charge in [0.1, 0.15) is 5.60 Å². The fraction of sp³-hybridized carbons (Fsp3) is 0.812. The lowest BCUT2D eigenvalue weighted by atomic mass is 9.52. The first-order valence-electron chi connectivity index (χ1n) is 7.41. The van der Waals surface area contributed by atoms with Crippen LogP contribution in [0.2, 0.25) is 0 Å². The molecule has 0 heterocycles. The van der Waals surface area contributed by atoms with Gasteiger partial charge in [-0.3, -0.25) is 4.79 Å². The van der Waals surface area contributed by atoms with E-state index in [4.69, 9.17) is 10.5 Å². The lowest BCUT2D eigenvalue weighted by Gasteiger charge is -2.54. The zero-order valence-electron chi connectivity index (χ0n) is 12.7. The zero-order valence-corrected chi connectivity index (χ0v) is 12.7. The minimum Gasteiger partial charge on any atom is -0.460 e. The molecule has 0 bridgehead atoms. The molecule has 108 valence electrons. The fourth-order valence-electron chi connectivity index (χ4n) is 4.31. The lowest BCUT2D eigenvalue weighted by Crippen LogP contribution is -2.53. The Morgan fingerprint density at radius 3 is 2.79 bits per heavy atom. The van der Waals surface area contributed by atoms with Gasteiger partial charge in [0.15, 0.2) is 0 Å². The Balaban J connectivity index is 2.09. The molecule has 1 fully saturated rings. The smallest absolute Gasteiger partial charge is 0.303 e. The molecular weight excluding hydrogens is 238 g/mol. The number of nitrogens with two attached hydrogens (primary N) is 1. The number of ether oxygens (including phenoxy) is 1. The first-order chi connectivity index (χ1) is 8.82. The maximum Gasteiger partial charge on any atom is 0.303 e. The van der Waals surface area contributed by atoms with E-state index in [1.54, 1.807) is 5.57 Å². The van der Waals surface area contributed by atoms with Crippen molar-refractivity contribution in [2.45, 2.75) is 59.0 Å². The monoisotopic (exact) mass is 265 g/mol. The van der Waals surface area contributed by atoms with Gasteiger partial charge in [0.2, 0.25) is 0 Å². The predicted octanol–water partition coefficient (Wildman–Crippen LogP) is 3.04. The van der Waals surface area contributed by atoms with Crippen LogP contribution < -0.4 is 5.73 Å². The standard InChI is InChI=1S/C16H27NO2/c1-5-12-6-13-8-16(10-17,14(13)7-12)9-15(3,4)19-11(2)18/h7,13-14H,5-6,8-10,17H2,1-4H3/t13-,14-,16-/m1/s1. The van der Waals surface area contributed by atoms with E-state index in [-0.39, 0.29) is 11.4 Å². The molecule has 2 aliphatic carbocycles. The van der Waals surface area contributed by atoms with E-state index in [1.807, 2.05) is 13.8 Å². The van der Waals surface area contributed by atoms with Crippen molar-refractivity contribution in [3.63, 3.8) is 0 Å². The van der Waals surface area contributed by atoms with Gasteiger partial charge in [0, 0.05) is 6.92 Å². The predicted molar refractivity (Wildman–Crippen MR) is 76.5 cm³/mol. The highest BCUT2D eigenvalue weighted by Crippen LogP contribution is 2.61. The molecule has 0 unspecified atom stereocenters. The summed E-state index contributed by atoms with van der Waals surface area (Å²) < 4.78 is 5.46. The van der Waals surface area contributed by atoms with Crippen LogP contribution in [0.1, 0.15) is 53.4 Å². The third-order valence-corrected chi connectivity index (χ3v) is 4.88. The number of allylic oxidation sites excluding steroid dienone is 2. The summed E-state index contributed by atoms with van der Waals surface area (Å²) in [6, 6.07) is 0. The Hall–Kier alpha value is -0.830. The van der Waals surface area contributed by atoms with Gasteiger partial charge in [-0.1, -0.05) is 18.6 Å². The van der Waals surface area contributed by atoms with Gasteiger partial charge in [0.05, 0.1) is 0 Å². The molecule has 2 rings (SSSR count). The summed E-state index contributed by atoms with van der Waals surface area (Å²) in [7, 11) is 0. The molecule has 2 N–H and O–H groups in total. The number of hydrogen-bond acceptors (Lipinski definition) is 3. The van der Waals surface area contributed by atoms with Gasteiger partial charge in [-0.05, 0) is 63.3 Å². The van der Waals surface area contributed by atoms with Crippen molar-refractivity contribution in [3.05, 3.63) is 11.6 Å². The van der Waals surface area contributed by atoms with Gasteiger partial charge in [0.25, 0.3) is 0 Å². The van der Waals surface area contributed by atoms with Crippen molar-refractivity contribution >= 4 is 5.97 Å².